The highest BCUT2D eigenvalue weighted by Crippen LogP contribution is 2.10. The van der Waals surface area contributed by atoms with Gasteiger partial charge in [0.25, 0.3) is 0 Å². The first-order chi connectivity index (χ1) is 12.2. The first-order valence-corrected chi connectivity index (χ1v) is 8.89. The molecule has 2 N–H and O–H groups in total. The minimum Gasteiger partial charge on any atom is -0.267 e. The van der Waals surface area contributed by atoms with Crippen molar-refractivity contribution < 1.29 is 14.6 Å². The van der Waals surface area contributed by atoms with Crippen LogP contribution in [0.4, 0.5) is 0 Å². The molecular formula is C19H16ClN2O2S+. The third-order valence-electron chi connectivity index (χ3n) is 3.41. The largest absolute Gasteiger partial charge is 0.397 e. The number of hydroxylamine groups is 1. The molecule has 1 heterocycles. The molecule has 4 nitrogen and oxygen atoms in total. The third-order valence-corrected chi connectivity index (χ3v) is 4.52. The molecule has 25 heavy (non-hydrogen) atoms. The Hall–Kier alpha value is -2.63. The molecule has 0 aliphatic heterocycles. The maximum Gasteiger partial charge on any atom is 0.397 e. The van der Waals surface area contributed by atoms with Crippen molar-refractivity contribution in [2.75, 3.05) is 0 Å². The molecule has 1 aromatic heterocycles. The van der Waals surface area contributed by atoms with Crippen LogP contribution in [-0.4, -0.2) is 11.8 Å². The monoisotopic (exact) mass is 371 g/mol. The Morgan fingerprint density at radius 3 is 2.48 bits per heavy atom. The second-order valence-corrected chi connectivity index (χ2v) is 6.57. The highest BCUT2D eigenvalue weighted by atomic mass is 35.5. The zero-order chi connectivity index (χ0) is 17.5. The smallest absolute Gasteiger partial charge is 0.267 e. The number of benzene rings is 2. The predicted octanol–water partition coefficient (Wildman–Crippen LogP) is 2.79. The van der Waals surface area contributed by atoms with Gasteiger partial charge in [0, 0.05) is 5.02 Å². The molecule has 0 aliphatic rings. The molecule has 126 valence electrons. The molecule has 0 aliphatic carbocycles. The van der Waals surface area contributed by atoms with E-state index in [1.54, 1.807) is 24.3 Å². The zero-order valence-corrected chi connectivity index (χ0v) is 14.8. The van der Waals surface area contributed by atoms with Crippen molar-refractivity contribution >= 4 is 34.7 Å². The maximum absolute atomic E-state index is 12.0. The van der Waals surface area contributed by atoms with Gasteiger partial charge < -0.3 is 0 Å². The molecule has 0 bridgehead atoms. The van der Waals surface area contributed by atoms with Crippen molar-refractivity contribution in [2.45, 2.75) is 6.54 Å². The maximum atomic E-state index is 12.0. The molecule has 0 atom stereocenters. The van der Waals surface area contributed by atoms with Gasteiger partial charge in [0.2, 0.25) is 0 Å². The van der Waals surface area contributed by atoms with Gasteiger partial charge in [-0.15, -0.1) is 11.3 Å². The van der Waals surface area contributed by atoms with Crippen molar-refractivity contribution in [3.8, 4) is 0 Å². The number of carbonyl (C=O) groups is 1. The van der Waals surface area contributed by atoms with Crippen molar-refractivity contribution in [1.82, 2.24) is 5.48 Å². The molecular weight excluding hydrogens is 356 g/mol. The summed E-state index contributed by atoms with van der Waals surface area (Å²) in [7, 11) is 0. The van der Waals surface area contributed by atoms with Crippen LogP contribution in [-0.2, 0) is 11.4 Å². The first kappa shape index (κ1) is 17.2. The van der Waals surface area contributed by atoms with Gasteiger partial charge in [-0.3, -0.25) is 9.83 Å². The van der Waals surface area contributed by atoms with E-state index in [0.29, 0.717) is 22.3 Å². The molecule has 0 amide bonds. The standard InChI is InChI=1S/C19H15ClN2O2S/c20-16-10-8-15(9-11-16)18(21-13-14-5-2-1-3-6-14)22-24-19(23)17-7-4-12-25-17/h1-12H,13H2,(H,21,22)/p+1. The summed E-state index contributed by atoms with van der Waals surface area (Å²) in [5, 5.41) is 2.47. The topological polar surface area (TPSA) is 52.3 Å². The van der Waals surface area contributed by atoms with Gasteiger partial charge in [-0.25, -0.2) is 4.79 Å². The summed E-state index contributed by atoms with van der Waals surface area (Å²) in [6, 6.07) is 20.7. The van der Waals surface area contributed by atoms with Crippen LogP contribution in [0.25, 0.3) is 0 Å². The lowest BCUT2D eigenvalue weighted by atomic mass is 10.2. The molecule has 0 spiro atoms. The minimum atomic E-state index is -0.428. The van der Waals surface area contributed by atoms with Crippen molar-refractivity contribution in [2.24, 2.45) is 0 Å². The fourth-order valence-electron chi connectivity index (χ4n) is 2.14. The van der Waals surface area contributed by atoms with E-state index in [1.807, 2.05) is 47.8 Å². The summed E-state index contributed by atoms with van der Waals surface area (Å²) >= 11 is 7.28. The lowest BCUT2D eigenvalue weighted by Gasteiger charge is -2.04. The number of carbonyl (C=O) groups excluding carboxylic acids is 1. The lowest BCUT2D eigenvalue weighted by Crippen LogP contribution is -2.74. The molecule has 3 rings (SSSR count). The summed E-state index contributed by atoms with van der Waals surface area (Å²) in [6.07, 6.45) is 0. The number of thiophene rings is 1. The molecule has 0 unspecified atom stereocenters. The highest BCUT2D eigenvalue weighted by molar-refractivity contribution is 7.11. The summed E-state index contributed by atoms with van der Waals surface area (Å²) in [6.45, 7) is 0.586. The zero-order valence-electron chi connectivity index (χ0n) is 13.2. The van der Waals surface area contributed by atoms with Gasteiger partial charge >= 0.3 is 11.8 Å². The summed E-state index contributed by atoms with van der Waals surface area (Å²) < 4.78 is 0. The van der Waals surface area contributed by atoms with Crippen molar-refractivity contribution in [1.29, 1.82) is 0 Å². The van der Waals surface area contributed by atoms with Gasteiger partial charge in [0.05, 0.1) is 5.56 Å². The van der Waals surface area contributed by atoms with Crippen LogP contribution < -0.4 is 10.5 Å². The van der Waals surface area contributed by atoms with Crippen LogP contribution in [0.5, 0.6) is 0 Å². The van der Waals surface area contributed by atoms with Gasteiger partial charge in [0.1, 0.15) is 11.4 Å². The van der Waals surface area contributed by atoms with Crippen molar-refractivity contribution in [3.63, 3.8) is 0 Å². The molecule has 2 aromatic carbocycles. The molecule has 0 saturated carbocycles. The average Bonchev–Trinajstić information content (AvgIpc) is 3.18. The average molecular weight is 372 g/mol. The molecule has 6 heteroatoms. The van der Waals surface area contributed by atoms with Crippen LogP contribution in [0.3, 0.4) is 0 Å². The Balaban J connectivity index is 1.76. The van der Waals surface area contributed by atoms with E-state index >= 15 is 0 Å². The quantitative estimate of drug-likeness (QED) is 0.421. The van der Waals surface area contributed by atoms with Crippen LogP contribution >= 0.6 is 22.9 Å². The van der Waals surface area contributed by atoms with Crippen LogP contribution in [0, 0.1) is 0 Å². The fourth-order valence-corrected chi connectivity index (χ4v) is 2.87. The van der Waals surface area contributed by atoms with E-state index in [-0.39, 0.29) is 0 Å². The number of nitrogens with one attached hydrogen (secondary N) is 2. The second kappa shape index (κ2) is 8.46. The van der Waals surface area contributed by atoms with Crippen molar-refractivity contribution in [3.05, 3.63) is 93.1 Å². The van der Waals surface area contributed by atoms with Gasteiger partial charge in [-0.2, -0.15) is 0 Å². The van der Waals surface area contributed by atoms with Gasteiger partial charge in [-0.05, 0) is 41.3 Å². The van der Waals surface area contributed by atoms with Gasteiger partial charge in [-0.1, -0.05) is 53.5 Å². The SMILES string of the molecule is O=C(ONC(=[NH+]Cc1ccccc1)c1ccc(Cl)cc1)c1cccs1. The van der Waals surface area contributed by atoms with Crippen LogP contribution in [0.1, 0.15) is 20.8 Å². The molecule has 3 aromatic rings. The van der Waals surface area contributed by atoms with E-state index in [9.17, 15) is 4.79 Å². The van der Waals surface area contributed by atoms with Crippen LogP contribution in [0.2, 0.25) is 5.02 Å². The Kier molecular flexibility index (Phi) is 5.82. The van der Waals surface area contributed by atoms with E-state index in [4.69, 9.17) is 16.4 Å². The summed E-state index contributed by atoms with van der Waals surface area (Å²) in [5.41, 5.74) is 4.68. The Labute approximate surface area is 154 Å². The predicted molar refractivity (Wildman–Crippen MR) is 99.5 cm³/mol. The molecule has 0 fully saturated rings. The minimum absolute atomic E-state index is 0.428. The number of hydrogen-bond acceptors (Lipinski definition) is 3. The highest BCUT2D eigenvalue weighted by Gasteiger charge is 2.16. The van der Waals surface area contributed by atoms with E-state index in [1.165, 1.54) is 11.3 Å². The Morgan fingerprint density at radius 1 is 1.04 bits per heavy atom. The van der Waals surface area contributed by atoms with E-state index < -0.39 is 5.97 Å². The number of amidine groups is 1. The second-order valence-electron chi connectivity index (χ2n) is 5.19. The summed E-state index contributed by atoms with van der Waals surface area (Å²) in [4.78, 5) is 21.0. The lowest BCUT2D eigenvalue weighted by molar-refractivity contribution is -0.478. The molecule has 0 radical (unpaired) electrons. The van der Waals surface area contributed by atoms with Crippen LogP contribution in [0.15, 0.2) is 72.1 Å². The Morgan fingerprint density at radius 2 is 1.80 bits per heavy atom. The Bertz CT molecular complexity index is 847. The summed E-state index contributed by atoms with van der Waals surface area (Å²) in [5.74, 6) is 0.161. The first-order valence-electron chi connectivity index (χ1n) is 7.64. The van der Waals surface area contributed by atoms with E-state index in [2.05, 4.69) is 10.5 Å². The normalized spacial score (nSPS) is 11.2. The third kappa shape index (κ3) is 4.92. The fraction of sp³-hybridized carbons (Fsp3) is 0.0526. The van der Waals surface area contributed by atoms with E-state index in [0.717, 1.165) is 11.1 Å². The number of rotatable bonds is 4. The molecule has 0 saturated heterocycles. The van der Waals surface area contributed by atoms with Gasteiger partial charge in [0.15, 0.2) is 0 Å². The number of hydrogen-bond donors (Lipinski definition) is 2. The number of halogens is 1.